The summed E-state index contributed by atoms with van der Waals surface area (Å²) in [6.45, 7) is 0. The first-order valence-electron chi connectivity index (χ1n) is 5.09. The van der Waals surface area contributed by atoms with Crippen molar-refractivity contribution < 1.29 is 9.18 Å². The van der Waals surface area contributed by atoms with Gasteiger partial charge in [0.2, 0.25) is 0 Å². The van der Waals surface area contributed by atoms with Crippen LogP contribution in [0.3, 0.4) is 0 Å². The summed E-state index contributed by atoms with van der Waals surface area (Å²) in [6, 6.07) is 3.64. The van der Waals surface area contributed by atoms with Crippen LogP contribution in [0, 0.1) is 5.82 Å². The van der Waals surface area contributed by atoms with Crippen LogP contribution in [0.15, 0.2) is 30.6 Å². The van der Waals surface area contributed by atoms with E-state index in [2.05, 4.69) is 20.8 Å². The molecule has 3 rings (SSSR count). The topological polar surface area (TPSA) is 69.8 Å². The number of nitrogens with one attached hydrogen (secondary N) is 3. The number of fused-ring (bicyclic) bond motifs is 1. The molecule has 2 heterocycles. The molecule has 0 spiro atoms. The second-order valence-electron chi connectivity index (χ2n) is 3.79. The van der Waals surface area contributed by atoms with Crippen molar-refractivity contribution in [1.82, 2.24) is 10.2 Å². The van der Waals surface area contributed by atoms with Gasteiger partial charge in [-0.2, -0.15) is 5.10 Å². The fourth-order valence-corrected chi connectivity index (χ4v) is 1.87. The van der Waals surface area contributed by atoms with Gasteiger partial charge in [-0.05, 0) is 18.2 Å². The summed E-state index contributed by atoms with van der Waals surface area (Å²) in [5, 5.41) is 12.1. The molecule has 5 nitrogen and oxygen atoms in total. The monoisotopic (exact) mass is 232 g/mol. The Morgan fingerprint density at radius 3 is 3.06 bits per heavy atom. The number of anilines is 2. The lowest BCUT2D eigenvalue weighted by Gasteiger charge is -2.10. The SMILES string of the molecule is O=C1Nc2ccc(F)cc2C1Nc1cn[nH]c1. The lowest BCUT2D eigenvalue weighted by atomic mass is 10.1. The Hall–Kier alpha value is -2.37. The second kappa shape index (κ2) is 3.58. The molecule has 3 N–H and O–H groups in total. The smallest absolute Gasteiger partial charge is 0.251 e. The fourth-order valence-electron chi connectivity index (χ4n) is 1.87. The van der Waals surface area contributed by atoms with Gasteiger partial charge in [0.05, 0.1) is 11.9 Å². The minimum atomic E-state index is -0.585. The molecule has 0 saturated heterocycles. The van der Waals surface area contributed by atoms with Crippen LogP contribution in [-0.2, 0) is 4.79 Å². The molecule has 17 heavy (non-hydrogen) atoms. The van der Waals surface area contributed by atoms with Crippen LogP contribution in [0.1, 0.15) is 11.6 Å². The zero-order valence-corrected chi connectivity index (χ0v) is 8.70. The van der Waals surface area contributed by atoms with Crippen LogP contribution >= 0.6 is 0 Å². The highest BCUT2D eigenvalue weighted by molar-refractivity contribution is 6.04. The normalized spacial score (nSPS) is 17.7. The maximum atomic E-state index is 13.2. The van der Waals surface area contributed by atoms with Crippen molar-refractivity contribution in [2.75, 3.05) is 10.6 Å². The fraction of sp³-hybridized carbons (Fsp3) is 0.0909. The predicted octanol–water partition coefficient (Wildman–Crippen LogP) is 1.65. The number of rotatable bonds is 2. The summed E-state index contributed by atoms with van der Waals surface area (Å²) in [5.74, 6) is -0.564. The van der Waals surface area contributed by atoms with Crippen molar-refractivity contribution in [3.05, 3.63) is 42.0 Å². The van der Waals surface area contributed by atoms with E-state index in [4.69, 9.17) is 0 Å². The van der Waals surface area contributed by atoms with E-state index in [-0.39, 0.29) is 11.7 Å². The quantitative estimate of drug-likeness (QED) is 0.737. The summed E-state index contributed by atoms with van der Waals surface area (Å²) >= 11 is 0. The van der Waals surface area contributed by atoms with Crippen LogP contribution in [0.2, 0.25) is 0 Å². The van der Waals surface area contributed by atoms with Gasteiger partial charge in [0.1, 0.15) is 11.9 Å². The number of amides is 1. The zero-order chi connectivity index (χ0) is 11.8. The van der Waals surface area contributed by atoms with Crippen LogP contribution in [0.5, 0.6) is 0 Å². The zero-order valence-electron chi connectivity index (χ0n) is 8.70. The molecule has 1 aliphatic rings. The summed E-state index contributed by atoms with van der Waals surface area (Å²) in [7, 11) is 0. The molecular weight excluding hydrogens is 223 g/mol. The highest BCUT2D eigenvalue weighted by Crippen LogP contribution is 2.33. The average Bonchev–Trinajstić information content (AvgIpc) is 2.90. The number of halogens is 1. The Balaban J connectivity index is 1.96. The standard InChI is InChI=1S/C11H9FN4O/c12-6-1-2-9-8(3-6)10(11(17)16-9)15-7-4-13-14-5-7/h1-5,10,15H,(H,13,14)(H,16,17). The Morgan fingerprint density at radius 1 is 1.41 bits per heavy atom. The van der Waals surface area contributed by atoms with Crippen LogP contribution in [0.4, 0.5) is 15.8 Å². The highest BCUT2D eigenvalue weighted by atomic mass is 19.1. The lowest BCUT2D eigenvalue weighted by molar-refractivity contribution is -0.116. The molecule has 6 heteroatoms. The first-order chi connectivity index (χ1) is 8.24. The molecule has 1 aromatic heterocycles. The Morgan fingerprint density at radius 2 is 2.29 bits per heavy atom. The number of H-pyrrole nitrogens is 1. The Bertz CT molecular complexity index is 567. The number of aromatic amines is 1. The van der Waals surface area contributed by atoms with Crippen molar-refractivity contribution in [2.24, 2.45) is 0 Å². The molecule has 0 aliphatic carbocycles. The third-order valence-electron chi connectivity index (χ3n) is 2.65. The van der Waals surface area contributed by atoms with Gasteiger partial charge < -0.3 is 10.6 Å². The molecule has 1 atom stereocenters. The van der Waals surface area contributed by atoms with E-state index in [0.717, 1.165) is 0 Å². The molecule has 86 valence electrons. The van der Waals surface area contributed by atoms with E-state index in [0.29, 0.717) is 16.9 Å². The first-order valence-corrected chi connectivity index (χ1v) is 5.09. The van der Waals surface area contributed by atoms with Gasteiger partial charge in [0.15, 0.2) is 0 Å². The number of carbonyl (C=O) groups excluding carboxylic acids is 1. The van der Waals surface area contributed by atoms with Crippen molar-refractivity contribution in [1.29, 1.82) is 0 Å². The molecular formula is C11H9FN4O. The number of hydrogen-bond acceptors (Lipinski definition) is 3. The second-order valence-corrected chi connectivity index (χ2v) is 3.79. The van der Waals surface area contributed by atoms with E-state index in [9.17, 15) is 9.18 Å². The van der Waals surface area contributed by atoms with Gasteiger partial charge in [-0.25, -0.2) is 4.39 Å². The van der Waals surface area contributed by atoms with Crippen LogP contribution in [0.25, 0.3) is 0 Å². The molecule has 0 saturated carbocycles. The summed E-state index contributed by atoms with van der Waals surface area (Å²) < 4.78 is 13.2. The van der Waals surface area contributed by atoms with Gasteiger partial charge in [-0.1, -0.05) is 0 Å². The molecule has 0 radical (unpaired) electrons. The van der Waals surface area contributed by atoms with Crippen molar-refractivity contribution >= 4 is 17.3 Å². The molecule has 1 amide bonds. The maximum Gasteiger partial charge on any atom is 0.251 e. The van der Waals surface area contributed by atoms with Gasteiger partial charge in [-0.3, -0.25) is 9.89 Å². The minimum Gasteiger partial charge on any atom is -0.367 e. The van der Waals surface area contributed by atoms with Crippen molar-refractivity contribution in [3.8, 4) is 0 Å². The molecule has 1 unspecified atom stereocenters. The molecule has 1 aliphatic heterocycles. The van der Waals surface area contributed by atoms with Crippen LogP contribution < -0.4 is 10.6 Å². The third kappa shape index (κ3) is 1.63. The molecule has 1 aromatic carbocycles. The number of carbonyl (C=O) groups is 1. The molecule has 2 aromatic rings. The van der Waals surface area contributed by atoms with Crippen LogP contribution in [-0.4, -0.2) is 16.1 Å². The van der Waals surface area contributed by atoms with Crippen molar-refractivity contribution in [3.63, 3.8) is 0 Å². The van der Waals surface area contributed by atoms with E-state index in [1.165, 1.54) is 12.1 Å². The average molecular weight is 232 g/mol. The largest absolute Gasteiger partial charge is 0.367 e. The summed E-state index contributed by atoms with van der Waals surface area (Å²) in [5.41, 5.74) is 1.93. The predicted molar refractivity (Wildman–Crippen MR) is 60.0 cm³/mol. The number of benzene rings is 1. The summed E-state index contributed by atoms with van der Waals surface area (Å²) in [6.07, 6.45) is 3.19. The Labute approximate surface area is 96.0 Å². The lowest BCUT2D eigenvalue weighted by Crippen LogP contribution is -2.19. The van der Waals surface area contributed by atoms with E-state index >= 15 is 0 Å². The third-order valence-corrected chi connectivity index (χ3v) is 2.65. The maximum absolute atomic E-state index is 13.2. The minimum absolute atomic E-state index is 0.202. The molecule has 0 fully saturated rings. The number of aromatic nitrogens is 2. The van der Waals surface area contributed by atoms with E-state index in [1.54, 1.807) is 18.5 Å². The van der Waals surface area contributed by atoms with Crippen molar-refractivity contribution in [2.45, 2.75) is 6.04 Å². The van der Waals surface area contributed by atoms with Gasteiger partial charge in [-0.15, -0.1) is 0 Å². The van der Waals surface area contributed by atoms with Gasteiger partial charge in [0.25, 0.3) is 5.91 Å². The van der Waals surface area contributed by atoms with Gasteiger partial charge >= 0.3 is 0 Å². The van der Waals surface area contributed by atoms with E-state index in [1.807, 2.05) is 0 Å². The summed E-state index contributed by atoms with van der Waals surface area (Å²) in [4.78, 5) is 11.7. The molecule has 0 bridgehead atoms. The Kier molecular flexibility index (Phi) is 2.07. The van der Waals surface area contributed by atoms with E-state index < -0.39 is 6.04 Å². The first kappa shape index (κ1) is 9.83. The highest BCUT2D eigenvalue weighted by Gasteiger charge is 2.30. The number of nitrogens with zero attached hydrogens (tertiary/aromatic N) is 1. The number of hydrogen-bond donors (Lipinski definition) is 3. The van der Waals surface area contributed by atoms with Gasteiger partial charge in [0, 0.05) is 17.4 Å².